The van der Waals surface area contributed by atoms with Crippen molar-refractivity contribution in [2.24, 2.45) is 5.41 Å². The van der Waals surface area contributed by atoms with Crippen LogP contribution in [-0.4, -0.2) is 53.8 Å². The SMILES string of the molecule is Cc1cccc([C@H]2O[C@H](CC(=O)NCCc3ccc(C(=O)O)cc3)C(=O)N(CC(C)(C)CO)c3ccc(Cl)cc32)c1C. The lowest BCUT2D eigenvalue weighted by molar-refractivity contribution is -0.138. The lowest BCUT2D eigenvalue weighted by Crippen LogP contribution is -2.46. The summed E-state index contributed by atoms with van der Waals surface area (Å²) in [6, 6.07) is 17.7. The second-order valence-electron chi connectivity index (χ2n) is 11.5. The van der Waals surface area contributed by atoms with Crippen LogP contribution in [0.25, 0.3) is 0 Å². The maximum Gasteiger partial charge on any atom is 0.335 e. The van der Waals surface area contributed by atoms with Crippen molar-refractivity contribution in [2.75, 3.05) is 24.6 Å². The summed E-state index contributed by atoms with van der Waals surface area (Å²) in [6.45, 7) is 8.13. The molecule has 0 spiro atoms. The first-order chi connectivity index (χ1) is 19.9. The number of carbonyl (C=O) groups excluding carboxylic acids is 2. The lowest BCUT2D eigenvalue weighted by Gasteiger charge is -2.32. The van der Waals surface area contributed by atoms with E-state index in [4.69, 9.17) is 21.4 Å². The number of fused-ring (bicyclic) bond motifs is 1. The molecule has 0 aromatic heterocycles. The zero-order chi connectivity index (χ0) is 30.6. The molecule has 0 saturated heterocycles. The number of aryl methyl sites for hydroxylation is 1. The normalized spacial score (nSPS) is 17.0. The zero-order valence-electron chi connectivity index (χ0n) is 24.3. The Labute approximate surface area is 251 Å². The molecule has 0 aliphatic carbocycles. The van der Waals surface area contributed by atoms with E-state index in [0.717, 1.165) is 22.3 Å². The van der Waals surface area contributed by atoms with Crippen molar-refractivity contribution >= 4 is 35.1 Å². The third-order valence-electron chi connectivity index (χ3n) is 7.66. The summed E-state index contributed by atoms with van der Waals surface area (Å²) in [4.78, 5) is 39.9. The highest BCUT2D eigenvalue weighted by Crippen LogP contribution is 2.42. The quantitative estimate of drug-likeness (QED) is 0.296. The Morgan fingerprint density at radius 2 is 1.76 bits per heavy atom. The number of hydrogen-bond acceptors (Lipinski definition) is 5. The summed E-state index contributed by atoms with van der Waals surface area (Å²) in [7, 11) is 0. The summed E-state index contributed by atoms with van der Waals surface area (Å²) in [6.07, 6.45) is -1.45. The van der Waals surface area contributed by atoms with E-state index in [1.165, 1.54) is 12.1 Å². The number of aromatic carboxylic acids is 1. The van der Waals surface area contributed by atoms with E-state index < -0.39 is 23.6 Å². The van der Waals surface area contributed by atoms with E-state index in [9.17, 15) is 19.5 Å². The lowest BCUT2D eigenvalue weighted by atomic mass is 9.91. The molecule has 3 aromatic carbocycles. The second kappa shape index (κ2) is 13.1. The van der Waals surface area contributed by atoms with Gasteiger partial charge in [-0.05, 0) is 72.9 Å². The van der Waals surface area contributed by atoms with Gasteiger partial charge >= 0.3 is 5.97 Å². The Morgan fingerprint density at radius 1 is 1.05 bits per heavy atom. The van der Waals surface area contributed by atoms with E-state index in [0.29, 0.717) is 29.2 Å². The van der Waals surface area contributed by atoms with Gasteiger partial charge in [0.25, 0.3) is 5.91 Å². The summed E-state index contributed by atoms with van der Waals surface area (Å²) >= 11 is 6.46. The van der Waals surface area contributed by atoms with Crippen LogP contribution in [0.3, 0.4) is 0 Å². The van der Waals surface area contributed by atoms with Gasteiger partial charge in [-0.3, -0.25) is 9.59 Å². The number of carbonyl (C=O) groups is 3. The van der Waals surface area contributed by atoms with Crippen molar-refractivity contribution in [1.82, 2.24) is 5.32 Å². The van der Waals surface area contributed by atoms with Crippen LogP contribution in [0.1, 0.15) is 64.5 Å². The van der Waals surface area contributed by atoms with Gasteiger partial charge in [0.1, 0.15) is 12.2 Å². The number of hydrogen-bond donors (Lipinski definition) is 3. The minimum Gasteiger partial charge on any atom is -0.478 e. The molecule has 2 amide bonds. The summed E-state index contributed by atoms with van der Waals surface area (Å²) < 4.78 is 6.55. The topological polar surface area (TPSA) is 116 Å². The molecule has 0 saturated carbocycles. The Morgan fingerprint density at radius 3 is 2.43 bits per heavy atom. The molecule has 0 bridgehead atoms. The van der Waals surface area contributed by atoms with E-state index in [-0.39, 0.29) is 37.0 Å². The van der Waals surface area contributed by atoms with Crippen LogP contribution in [0.15, 0.2) is 60.7 Å². The van der Waals surface area contributed by atoms with E-state index in [1.807, 2.05) is 45.9 Å². The van der Waals surface area contributed by atoms with Gasteiger partial charge in [-0.15, -0.1) is 0 Å². The van der Waals surface area contributed by atoms with Crippen LogP contribution in [0.4, 0.5) is 5.69 Å². The van der Waals surface area contributed by atoms with Crippen molar-refractivity contribution in [3.63, 3.8) is 0 Å². The van der Waals surface area contributed by atoms with E-state index >= 15 is 0 Å². The average molecular weight is 593 g/mol. The Bertz CT molecular complexity index is 1470. The first kappa shape index (κ1) is 31.2. The van der Waals surface area contributed by atoms with E-state index in [1.54, 1.807) is 35.2 Å². The van der Waals surface area contributed by atoms with Crippen LogP contribution in [-0.2, 0) is 20.7 Å². The molecule has 3 N–H and O–H groups in total. The fraction of sp³-hybridized carbons (Fsp3) is 0.364. The number of nitrogens with one attached hydrogen (secondary N) is 1. The zero-order valence-corrected chi connectivity index (χ0v) is 25.1. The predicted molar refractivity (Wildman–Crippen MR) is 162 cm³/mol. The molecule has 0 unspecified atom stereocenters. The largest absolute Gasteiger partial charge is 0.478 e. The van der Waals surface area contributed by atoms with Crippen molar-refractivity contribution in [1.29, 1.82) is 0 Å². The molecule has 0 fully saturated rings. The smallest absolute Gasteiger partial charge is 0.335 e. The number of halogens is 1. The number of benzene rings is 3. The first-order valence-electron chi connectivity index (χ1n) is 13.9. The number of aliphatic hydroxyl groups excluding tert-OH is 1. The highest BCUT2D eigenvalue weighted by molar-refractivity contribution is 6.30. The monoisotopic (exact) mass is 592 g/mol. The summed E-state index contributed by atoms with van der Waals surface area (Å²) in [5.41, 5.74) is 4.76. The molecule has 1 heterocycles. The summed E-state index contributed by atoms with van der Waals surface area (Å²) in [5, 5.41) is 22.5. The van der Waals surface area contributed by atoms with Crippen LogP contribution >= 0.6 is 11.6 Å². The molecule has 9 heteroatoms. The Kier molecular flexibility index (Phi) is 9.71. The van der Waals surface area contributed by atoms with Crippen LogP contribution in [0, 0.1) is 19.3 Å². The molecule has 222 valence electrons. The Hall–Kier alpha value is -3.72. The number of anilines is 1. The van der Waals surface area contributed by atoms with Crippen LogP contribution in [0.2, 0.25) is 5.02 Å². The molecule has 2 atom stereocenters. The molecular weight excluding hydrogens is 556 g/mol. The highest BCUT2D eigenvalue weighted by atomic mass is 35.5. The number of nitrogens with zero attached hydrogens (tertiary/aromatic N) is 1. The van der Waals surface area contributed by atoms with Gasteiger partial charge in [0.15, 0.2) is 0 Å². The minimum absolute atomic E-state index is 0.139. The second-order valence-corrected chi connectivity index (χ2v) is 12.0. The average Bonchev–Trinajstić information content (AvgIpc) is 3.05. The maximum absolute atomic E-state index is 14.1. The van der Waals surface area contributed by atoms with Gasteiger partial charge < -0.3 is 25.2 Å². The van der Waals surface area contributed by atoms with E-state index in [2.05, 4.69) is 5.32 Å². The van der Waals surface area contributed by atoms with Crippen molar-refractivity contribution < 1.29 is 29.3 Å². The minimum atomic E-state index is -1.09. The molecule has 1 aliphatic rings. The van der Waals surface area contributed by atoms with Crippen LogP contribution in [0.5, 0.6) is 0 Å². The number of rotatable bonds is 10. The maximum atomic E-state index is 14.1. The number of amides is 2. The summed E-state index contributed by atoms with van der Waals surface area (Å²) in [5.74, 6) is -1.71. The standard InChI is InChI=1S/C33H37ClN2O6/c1-20-6-5-7-25(21(20)2)30-26-16-24(34)12-13-27(26)36(18-33(3,4)19-37)31(39)28(42-30)17-29(38)35-15-14-22-8-10-23(11-9-22)32(40)41/h5-13,16,28,30,37H,14-15,17-19H2,1-4H3,(H,35,38)(H,40,41)/t28-,30-/m1/s1. The molecule has 4 rings (SSSR count). The van der Waals surface area contributed by atoms with Crippen molar-refractivity contribution in [3.8, 4) is 0 Å². The van der Waals surface area contributed by atoms with Crippen molar-refractivity contribution in [2.45, 2.75) is 52.7 Å². The van der Waals surface area contributed by atoms with Gasteiger partial charge in [-0.2, -0.15) is 0 Å². The van der Waals surface area contributed by atoms with Crippen LogP contribution < -0.4 is 10.2 Å². The first-order valence-corrected chi connectivity index (χ1v) is 14.3. The fourth-order valence-corrected chi connectivity index (χ4v) is 5.23. The molecule has 8 nitrogen and oxygen atoms in total. The molecule has 42 heavy (non-hydrogen) atoms. The number of carboxylic acids is 1. The third-order valence-corrected chi connectivity index (χ3v) is 7.89. The van der Waals surface area contributed by atoms with Gasteiger partial charge in [-0.1, -0.05) is 55.8 Å². The van der Waals surface area contributed by atoms with Gasteiger partial charge in [0.05, 0.1) is 12.0 Å². The Balaban J connectivity index is 1.63. The number of ether oxygens (including phenoxy) is 1. The van der Waals surface area contributed by atoms with Crippen molar-refractivity contribution in [3.05, 3.63) is 99.1 Å². The fourth-order valence-electron chi connectivity index (χ4n) is 5.05. The van der Waals surface area contributed by atoms with Gasteiger partial charge in [0, 0.05) is 41.4 Å². The molecule has 0 radical (unpaired) electrons. The predicted octanol–water partition coefficient (Wildman–Crippen LogP) is 5.24. The number of carboxylic acid groups (broad SMARTS) is 1. The molecular formula is C33H37ClN2O6. The molecule has 3 aromatic rings. The third kappa shape index (κ3) is 7.18. The van der Waals surface area contributed by atoms with Gasteiger partial charge in [0.2, 0.25) is 5.91 Å². The molecule has 1 aliphatic heterocycles. The van der Waals surface area contributed by atoms with Gasteiger partial charge in [-0.25, -0.2) is 4.79 Å². The number of aliphatic hydroxyl groups is 1. The highest BCUT2D eigenvalue weighted by Gasteiger charge is 2.40.